The normalized spacial score (nSPS) is 10.4. The van der Waals surface area contributed by atoms with Crippen LogP contribution in [-0.4, -0.2) is 12.5 Å². The lowest BCUT2D eigenvalue weighted by molar-refractivity contribution is 0.0951. The summed E-state index contributed by atoms with van der Waals surface area (Å²) >= 11 is 0. The van der Waals surface area contributed by atoms with Gasteiger partial charge in [0.15, 0.2) is 0 Å². The van der Waals surface area contributed by atoms with E-state index in [4.69, 9.17) is 4.42 Å². The topological polar surface area (TPSA) is 42.2 Å². The predicted molar refractivity (Wildman–Crippen MR) is 64.7 cm³/mol. The minimum Gasteiger partial charge on any atom is -0.466 e. The van der Waals surface area contributed by atoms with E-state index < -0.39 is 0 Å². The van der Waals surface area contributed by atoms with E-state index in [0.29, 0.717) is 11.3 Å². The molecule has 0 saturated heterocycles. The molecule has 16 heavy (non-hydrogen) atoms. The fourth-order valence-electron chi connectivity index (χ4n) is 1.71. The first-order valence-electron chi connectivity index (χ1n) is 6.00. The first kappa shape index (κ1) is 12.8. The van der Waals surface area contributed by atoms with Crippen molar-refractivity contribution in [1.29, 1.82) is 0 Å². The van der Waals surface area contributed by atoms with Gasteiger partial charge in [-0.15, -0.1) is 0 Å². The zero-order valence-electron chi connectivity index (χ0n) is 10.4. The molecule has 0 atom stereocenters. The average Bonchev–Trinajstić information content (AvgIpc) is 2.57. The van der Waals surface area contributed by atoms with Crippen LogP contribution in [-0.2, 0) is 0 Å². The van der Waals surface area contributed by atoms with Crippen molar-refractivity contribution in [3.63, 3.8) is 0 Å². The minimum atomic E-state index is -0.0224. The van der Waals surface area contributed by atoms with Crippen molar-refractivity contribution in [1.82, 2.24) is 5.32 Å². The molecule has 0 aliphatic rings. The molecule has 0 unspecified atom stereocenters. The summed E-state index contributed by atoms with van der Waals surface area (Å²) in [5.41, 5.74) is 0.660. The number of rotatable bonds is 6. The Kier molecular flexibility index (Phi) is 5.09. The van der Waals surface area contributed by atoms with Gasteiger partial charge in [0.2, 0.25) is 0 Å². The maximum Gasteiger partial charge on any atom is 0.254 e. The number of carbonyl (C=O) groups excluding carboxylic acids is 1. The van der Waals surface area contributed by atoms with Crippen LogP contribution in [0.3, 0.4) is 0 Å². The summed E-state index contributed by atoms with van der Waals surface area (Å²) < 4.78 is 5.32. The molecule has 1 aromatic rings. The van der Waals surface area contributed by atoms with E-state index in [9.17, 15) is 4.79 Å². The van der Waals surface area contributed by atoms with E-state index in [-0.39, 0.29) is 5.91 Å². The van der Waals surface area contributed by atoms with Gasteiger partial charge in [0.05, 0.1) is 5.56 Å². The second kappa shape index (κ2) is 6.36. The number of nitrogens with one attached hydrogen (secondary N) is 1. The van der Waals surface area contributed by atoms with E-state index in [1.807, 2.05) is 13.8 Å². The number of unbranched alkanes of at least 4 members (excludes halogenated alkanes) is 3. The fourth-order valence-corrected chi connectivity index (χ4v) is 1.71. The molecule has 0 spiro atoms. The second-order valence-electron chi connectivity index (χ2n) is 4.14. The molecule has 1 heterocycles. The molecule has 1 rings (SSSR count). The van der Waals surface area contributed by atoms with Crippen LogP contribution in [0.1, 0.15) is 54.5 Å². The van der Waals surface area contributed by atoms with Crippen LogP contribution in [0, 0.1) is 13.8 Å². The maximum absolute atomic E-state index is 11.7. The molecule has 0 aromatic carbocycles. The van der Waals surface area contributed by atoms with Gasteiger partial charge in [0.25, 0.3) is 5.91 Å². The third-order valence-electron chi connectivity index (χ3n) is 2.60. The summed E-state index contributed by atoms with van der Waals surface area (Å²) in [5, 5.41) is 2.91. The van der Waals surface area contributed by atoms with E-state index in [1.165, 1.54) is 19.3 Å². The van der Waals surface area contributed by atoms with Crippen molar-refractivity contribution in [2.75, 3.05) is 6.54 Å². The molecule has 0 saturated carbocycles. The van der Waals surface area contributed by atoms with E-state index >= 15 is 0 Å². The first-order valence-corrected chi connectivity index (χ1v) is 6.00. The third kappa shape index (κ3) is 3.72. The Morgan fingerprint density at radius 3 is 2.62 bits per heavy atom. The van der Waals surface area contributed by atoms with Gasteiger partial charge in [0, 0.05) is 6.54 Å². The number of hydrogen-bond acceptors (Lipinski definition) is 2. The Morgan fingerprint density at radius 1 is 1.31 bits per heavy atom. The Morgan fingerprint density at radius 2 is 2.06 bits per heavy atom. The fraction of sp³-hybridized carbons (Fsp3) is 0.615. The molecular formula is C13H21NO2. The van der Waals surface area contributed by atoms with Crippen molar-refractivity contribution in [3.8, 4) is 0 Å². The minimum absolute atomic E-state index is 0.0224. The summed E-state index contributed by atoms with van der Waals surface area (Å²) in [4.78, 5) is 11.7. The summed E-state index contributed by atoms with van der Waals surface area (Å²) in [6.45, 7) is 6.60. The molecule has 0 aliphatic carbocycles. The van der Waals surface area contributed by atoms with Gasteiger partial charge in [-0.3, -0.25) is 4.79 Å². The number of hydrogen-bond donors (Lipinski definition) is 1. The highest BCUT2D eigenvalue weighted by Crippen LogP contribution is 2.13. The lowest BCUT2D eigenvalue weighted by atomic mass is 10.2. The zero-order valence-corrected chi connectivity index (χ0v) is 10.4. The highest BCUT2D eigenvalue weighted by Gasteiger charge is 2.12. The van der Waals surface area contributed by atoms with Gasteiger partial charge in [0.1, 0.15) is 11.5 Å². The van der Waals surface area contributed by atoms with Gasteiger partial charge in [-0.05, 0) is 26.3 Å². The lowest BCUT2D eigenvalue weighted by Gasteiger charge is -2.03. The van der Waals surface area contributed by atoms with Gasteiger partial charge in [-0.1, -0.05) is 26.2 Å². The predicted octanol–water partition coefficient (Wildman–Crippen LogP) is 3.21. The van der Waals surface area contributed by atoms with E-state index in [1.54, 1.807) is 6.07 Å². The lowest BCUT2D eigenvalue weighted by Crippen LogP contribution is -2.24. The molecule has 0 fully saturated rings. The second-order valence-corrected chi connectivity index (χ2v) is 4.14. The van der Waals surface area contributed by atoms with Crippen LogP contribution < -0.4 is 5.32 Å². The molecule has 1 N–H and O–H groups in total. The molecular weight excluding hydrogens is 202 g/mol. The van der Waals surface area contributed by atoms with Crippen LogP contribution in [0.4, 0.5) is 0 Å². The van der Waals surface area contributed by atoms with Crippen LogP contribution in [0.15, 0.2) is 10.5 Å². The SMILES string of the molecule is CCCCCCNC(=O)c1cc(C)oc1C. The van der Waals surface area contributed by atoms with Crippen LogP contribution in [0.5, 0.6) is 0 Å². The quantitative estimate of drug-likeness (QED) is 0.752. The Balaban J connectivity index is 2.33. The summed E-state index contributed by atoms with van der Waals surface area (Å²) in [6, 6.07) is 1.79. The van der Waals surface area contributed by atoms with Gasteiger partial charge < -0.3 is 9.73 Å². The molecule has 1 amide bonds. The highest BCUT2D eigenvalue weighted by molar-refractivity contribution is 5.95. The van der Waals surface area contributed by atoms with Crippen molar-refractivity contribution in [2.24, 2.45) is 0 Å². The number of amides is 1. The molecule has 1 aromatic heterocycles. The van der Waals surface area contributed by atoms with Gasteiger partial charge in [-0.2, -0.15) is 0 Å². The summed E-state index contributed by atoms with van der Waals surface area (Å²) in [5.74, 6) is 1.46. The van der Waals surface area contributed by atoms with Crippen molar-refractivity contribution < 1.29 is 9.21 Å². The number of furan rings is 1. The standard InChI is InChI=1S/C13H21NO2/c1-4-5-6-7-8-14-13(15)12-9-10(2)16-11(12)3/h9H,4-8H2,1-3H3,(H,14,15). The molecule has 3 heteroatoms. The zero-order chi connectivity index (χ0) is 12.0. The average molecular weight is 223 g/mol. The van der Waals surface area contributed by atoms with Crippen molar-refractivity contribution in [3.05, 3.63) is 23.2 Å². The van der Waals surface area contributed by atoms with Gasteiger partial charge in [-0.25, -0.2) is 0 Å². The van der Waals surface area contributed by atoms with Crippen molar-refractivity contribution in [2.45, 2.75) is 46.5 Å². The summed E-state index contributed by atoms with van der Waals surface area (Å²) in [6.07, 6.45) is 4.68. The Bertz CT molecular complexity index is 342. The molecule has 0 radical (unpaired) electrons. The van der Waals surface area contributed by atoms with Crippen LogP contribution >= 0.6 is 0 Å². The van der Waals surface area contributed by atoms with Gasteiger partial charge >= 0.3 is 0 Å². The van der Waals surface area contributed by atoms with E-state index in [2.05, 4.69) is 12.2 Å². The smallest absolute Gasteiger partial charge is 0.254 e. The Labute approximate surface area is 97.2 Å². The molecule has 90 valence electrons. The number of aryl methyl sites for hydroxylation is 2. The maximum atomic E-state index is 11.7. The summed E-state index contributed by atoms with van der Waals surface area (Å²) in [7, 11) is 0. The van der Waals surface area contributed by atoms with E-state index in [0.717, 1.165) is 18.7 Å². The van der Waals surface area contributed by atoms with Crippen molar-refractivity contribution >= 4 is 5.91 Å². The monoisotopic (exact) mass is 223 g/mol. The van der Waals surface area contributed by atoms with Crippen LogP contribution in [0.25, 0.3) is 0 Å². The third-order valence-corrected chi connectivity index (χ3v) is 2.60. The number of carbonyl (C=O) groups is 1. The molecule has 0 aliphatic heterocycles. The Hall–Kier alpha value is -1.25. The first-order chi connectivity index (χ1) is 7.65. The molecule has 3 nitrogen and oxygen atoms in total. The molecule has 0 bridgehead atoms. The highest BCUT2D eigenvalue weighted by atomic mass is 16.3. The largest absolute Gasteiger partial charge is 0.466 e. The van der Waals surface area contributed by atoms with Crippen LogP contribution in [0.2, 0.25) is 0 Å².